The van der Waals surface area contributed by atoms with Crippen LogP contribution in [0.25, 0.3) is 0 Å². The first kappa shape index (κ1) is 11.9. The fraction of sp³-hybridized carbons (Fsp3) is 0.667. The molecule has 0 atom stereocenters. The SMILES string of the molecule is CCCc1nc(CSCC)nc2c1CNC2. The summed E-state index contributed by atoms with van der Waals surface area (Å²) in [6.45, 7) is 6.24. The van der Waals surface area contributed by atoms with Crippen molar-refractivity contribution in [3.05, 3.63) is 22.8 Å². The van der Waals surface area contributed by atoms with Crippen molar-refractivity contribution in [1.29, 1.82) is 0 Å². The number of aryl methyl sites for hydroxylation is 1. The van der Waals surface area contributed by atoms with E-state index in [4.69, 9.17) is 4.98 Å². The van der Waals surface area contributed by atoms with Crippen LogP contribution >= 0.6 is 11.8 Å². The van der Waals surface area contributed by atoms with Gasteiger partial charge in [0.15, 0.2) is 0 Å². The monoisotopic (exact) mass is 237 g/mol. The summed E-state index contributed by atoms with van der Waals surface area (Å²) in [7, 11) is 0. The zero-order valence-electron chi connectivity index (χ0n) is 10.0. The van der Waals surface area contributed by atoms with Crippen LogP contribution in [0, 0.1) is 0 Å². The molecule has 2 rings (SSSR count). The molecule has 4 heteroatoms. The van der Waals surface area contributed by atoms with Gasteiger partial charge in [0.1, 0.15) is 5.82 Å². The average Bonchev–Trinajstić information content (AvgIpc) is 2.75. The maximum atomic E-state index is 4.70. The van der Waals surface area contributed by atoms with Crippen LogP contribution in [-0.4, -0.2) is 15.7 Å². The van der Waals surface area contributed by atoms with Crippen LogP contribution in [0.4, 0.5) is 0 Å². The van der Waals surface area contributed by atoms with Gasteiger partial charge in [-0.2, -0.15) is 11.8 Å². The van der Waals surface area contributed by atoms with Crippen molar-refractivity contribution in [2.45, 2.75) is 45.5 Å². The molecule has 0 fully saturated rings. The number of thioether (sulfide) groups is 1. The van der Waals surface area contributed by atoms with Gasteiger partial charge in [-0.3, -0.25) is 0 Å². The molecule has 0 saturated heterocycles. The van der Waals surface area contributed by atoms with Crippen LogP contribution in [0.5, 0.6) is 0 Å². The van der Waals surface area contributed by atoms with Gasteiger partial charge in [0, 0.05) is 24.3 Å². The zero-order valence-corrected chi connectivity index (χ0v) is 10.9. The molecule has 2 heterocycles. The van der Waals surface area contributed by atoms with Gasteiger partial charge in [-0.1, -0.05) is 20.3 Å². The van der Waals surface area contributed by atoms with Crippen LogP contribution in [0.2, 0.25) is 0 Å². The van der Waals surface area contributed by atoms with E-state index in [1.807, 2.05) is 11.8 Å². The predicted molar refractivity (Wildman–Crippen MR) is 68.4 cm³/mol. The molecule has 1 aliphatic rings. The summed E-state index contributed by atoms with van der Waals surface area (Å²) in [5.74, 6) is 3.08. The third kappa shape index (κ3) is 2.55. The fourth-order valence-corrected chi connectivity index (χ4v) is 2.51. The van der Waals surface area contributed by atoms with E-state index < -0.39 is 0 Å². The molecular formula is C12H19N3S. The van der Waals surface area contributed by atoms with Crippen LogP contribution in [0.1, 0.15) is 43.0 Å². The molecule has 0 aromatic carbocycles. The van der Waals surface area contributed by atoms with E-state index in [2.05, 4.69) is 24.1 Å². The predicted octanol–water partition coefficient (Wildman–Crippen LogP) is 2.29. The number of nitrogens with one attached hydrogen (secondary N) is 1. The number of nitrogens with zero attached hydrogens (tertiary/aromatic N) is 2. The van der Waals surface area contributed by atoms with E-state index in [0.29, 0.717) is 0 Å². The van der Waals surface area contributed by atoms with Crippen LogP contribution < -0.4 is 5.32 Å². The van der Waals surface area contributed by atoms with E-state index in [-0.39, 0.29) is 0 Å². The molecule has 1 aromatic heterocycles. The molecule has 1 aromatic rings. The van der Waals surface area contributed by atoms with Gasteiger partial charge in [0.05, 0.1) is 11.4 Å². The molecule has 1 N–H and O–H groups in total. The summed E-state index contributed by atoms with van der Waals surface area (Å²) < 4.78 is 0. The molecule has 0 saturated carbocycles. The second-order valence-electron chi connectivity index (χ2n) is 4.00. The first-order valence-corrected chi connectivity index (χ1v) is 7.16. The lowest BCUT2D eigenvalue weighted by Crippen LogP contribution is -2.05. The molecule has 0 aliphatic carbocycles. The Balaban J connectivity index is 2.24. The normalized spacial score (nSPS) is 14.1. The first-order chi connectivity index (χ1) is 7.85. The van der Waals surface area contributed by atoms with Gasteiger partial charge in [-0.15, -0.1) is 0 Å². The third-order valence-corrected chi connectivity index (χ3v) is 3.61. The lowest BCUT2D eigenvalue weighted by Gasteiger charge is -2.08. The third-order valence-electron chi connectivity index (χ3n) is 2.74. The zero-order chi connectivity index (χ0) is 11.4. The summed E-state index contributed by atoms with van der Waals surface area (Å²) in [5, 5.41) is 3.36. The Bertz CT molecular complexity index is 366. The van der Waals surface area contributed by atoms with E-state index in [1.54, 1.807) is 0 Å². The Morgan fingerprint density at radius 1 is 1.25 bits per heavy atom. The second kappa shape index (κ2) is 5.64. The number of hydrogen-bond donors (Lipinski definition) is 1. The summed E-state index contributed by atoms with van der Waals surface area (Å²) >= 11 is 1.89. The van der Waals surface area contributed by atoms with Crippen molar-refractivity contribution in [3.8, 4) is 0 Å². The van der Waals surface area contributed by atoms with Crippen LogP contribution in [0.3, 0.4) is 0 Å². The van der Waals surface area contributed by atoms with Gasteiger partial charge in [0.25, 0.3) is 0 Å². The summed E-state index contributed by atoms with van der Waals surface area (Å²) in [4.78, 5) is 9.34. The highest BCUT2D eigenvalue weighted by molar-refractivity contribution is 7.98. The maximum Gasteiger partial charge on any atom is 0.138 e. The molecule has 0 radical (unpaired) electrons. The molecule has 16 heavy (non-hydrogen) atoms. The Morgan fingerprint density at radius 2 is 2.12 bits per heavy atom. The van der Waals surface area contributed by atoms with Gasteiger partial charge in [-0.05, 0) is 12.2 Å². The quantitative estimate of drug-likeness (QED) is 0.852. The average molecular weight is 237 g/mol. The van der Waals surface area contributed by atoms with Crippen molar-refractivity contribution in [2.75, 3.05) is 5.75 Å². The minimum atomic E-state index is 0.915. The van der Waals surface area contributed by atoms with E-state index in [1.165, 1.54) is 17.0 Å². The highest BCUT2D eigenvalue weighted by Crippen LogP contribution is 2.20. The topological polar surface area (TPSA) is 37.8 Å². The van der Waals surface area contributed by atoms with Crippen molar-refractivity contribution in [1.82, 2.24) is 15.3 Å². The molecule has 0 unspecified atom stereocenters. The van der Waals surface area contributed by atoms with Crippen LogP contribution in [0.15, 0.2) is 0 Å². The minimum Gasteiger partial charge on any atom is -0.307 e. The van der Waals surface area contributed by atoms with Crippen LogP contribution in [-0.2, 0) is 25.3 Å². The fourth-order valence-electron chi connectivity index (χ4n) is 2.00. The minimum absolute atomic E-state index is 0.915. The standard InChI is InChI=1S/C12H19N3S/c1-3-5-10-9-6-13-7-11(9)15-12(14-10)8-16-4-2/h13H,3-8H2,1-2H3. The van der Waals surface area contributed by atoms with Crippen molar-refractivity contribution in [3.63, 3.8) is 0 Å². The number of aromatic nitrogens is 2. The second-order valence-corrected chi connectivity index (χ2v) is 5.28. The molecule has 3 nitrogen and oxygen atoms in total. The molecule has 88 valence electrons. The Labute approximate surface area is 101 Å². The Kier molecular flexibility index (Phi) is 4.18. The Hall–Kier alpha value is -0.610. The largest absolute Gasteiger partial charge is 0.307 e. The first-order valence-electron chi connectivity index (χ1n) is 6.01. The molecule has 0 spiro atoms. The Morgan fingerprint density at radius 3 is 2.88 bits per heavy atom. The van der Waals surface area contributed by atoms with Gasteiger partial charge in [-0.25, -0.2) is 9.97 Å². The van der Waals surface area contributed by atoms with E-state index >= 15 is 0 Å². The highest BCUT2D eigenvalue weighted by Gasteiger charge is 2.17. The maximum absolute atomic E-state index is 4.70. The van der Waals surface area contributed by atoms with Crippen molar-refractivity contribution in [2.24, 2.45) is 0 Å². The van der Waals surface area contributed by atoms with E-state index in [9.17, 15) is 0 Å². The smallest absolute Gasteiger partial charge is 0.138 e. The number of hydrogen-bond acceptors (Lipinski definition) is 4. The summed E-state index contributed by atoms with van der Waals surface area (Å²) in [6, 6.07) is 0. The summed E-state index contributed by atoms with van der Waals surface area (Å²) in [5.41, 5.74) is 3.85. The molecule has 0 bridgehead atoms. The summed E-state index contributed by atoms with van der Waals surface area (Å²) in [6.07, 6.45) is 2.24. The highest BCUT2D eigenvalue weighted by atomic mass is 32.2. The van der Waals surface area contributed by atoms with Gasteiger partial charge >= 0.3 is 0 Å². The lowest BCUT2D eigenvalue weighted by atomic mass is 10.1. The van der Waals surface area contributed by atoms with Crippen molar-refractivity contribution < 1.29 is 0 Å². The molecule has 0 amide bonds. The lowest BCUT2D eigenvalue weighted by molar-refractivity contribution is 0.753. The van der Waals surface area contributed by atoms with E-state index in [0.717, 1.165) is 43.3 Å². The van der Waals surface area contributed by atoms with Gasteiger partial charge < -0.3 is 5.32 Å². The number of rotatable bonds is 5. The van der Waals surface area contributed by atoms with Gasteiger partial charge in [0.2, 0.25) is 0 Å². The number of fused-ring (bicyclic) bond motifs is 1. The molecular weight excluding hydrogens is 218 g/mol. The molecule has 1 aliphatic heterocycles. The van der Waals surface area contributed by atoms with Crippen molar-refractivity contribution >= 4 is 11.8 Å².